The number of hydrogen-bond acceptors (Lipinski definition) is 6. The second-order valence-corrected chi connectivity index (χ2v) is 7.33. The summed E-state index contributed by atoms with van der Waals surface area (Å²) in [7, 11) is 0. The van der Waals surface area contributed by atoms with Crippen LogP contribution in [0.2, 0.25) is 5.02 Å². The maximum absolute atomic E-state index is 12.7. The maximum atomic E-state index is 12.7. The highest BCUT2D eigenvalue weighted by Crippen LogP contribution is 2.26. The molecule has 0 amide bonds. The van der Waals surface area contributed by atoms with E-state index in [4.69, 9.17) is 21.4 Å². The van der Waals surface area contributed by atoms with E-state index in [1.807, 2.05) is 0 Å². The zero-order chi connectivity index (χ0) is 23.3. The standard InChI is InChI=1S/C21H20ClF3N4O3/c1-13(21(23,24)25)32-17-8-6-16(7-9-17)26-20-27-19(31)18(10-11-30)28-29(20)12-14-2-4-15(22)5-3-14/h2-9,13,30H,10-12H2,1H3,(H,26,27,31). The summed E-state index contributed by atoms with van der Waals surface area (Å²) in [6.07, 6.45) is -6.37. The number of benzene rings is 2. The molecule has 1 atom stereocenters. The summed E-state index contributed by atoms with van der Waals surface area (Å²) in [6, 6.07) is 12.8. The fourth-order valence-electron chi connectivity index (χ4n) is 2.70. The number of aromatic nitrogens is 3. The Labute approximate surface area is 186 Å². The molecule has 0 aliphatic carbocycles. The van der Waals surface area contributed by atoms with E-state index in [9.17, 15) is 18.0 Å². The SMILES string of the molecule is CC(Oc1ccc(Nc2nc(=O)c(CCO)nn2Cc2ccc(Cl)cc2)cc1)C(F)(F)F. The van der Waals surface area contributed by atoms with Gasteiger partial charge in [-0.2, -0.15) is 23.3 Å². The van der Waals surface area contributed by atoms with Gasteiger partial charge in [0.25, 0.3) is 5.56 Å². The summed E-state index contributed by atoms with van der Waals surface area (Å²) < 4.78 is 44.3. The first kappa shape index (κ1) is 23.6. The molecule has 0 radical (unpaired) electrons. The Hall–Kier alpha value is -3.11. The Bertz CT molecular complexity index is 1100. The highest BCUT2D eigenvalue weighted by atomic mass is 35.5. The van der Waals surface area contributed by atoms with Crippen molar-refractivity contribution in [3.8, 4) is 5.75 Å². The van der Waals surface area contributed by atoms with Crippen molar-refractivity contribution in [2.45, 2.75) is 32.2 Å². The molecule has 1 unspecified atom stereocenters. The molecule has 0 saturated heterocycles. The van der Waals surface area contributed by atoms with E-state index in [0.717, 1.165) is 12.5 Å². The van der Waals surface area contributed by atoms with Crippen LogP contribution in [0.25, 0.3) is 0 Å². The van der Waals surface area contributed by atoms with Gasteiger partial charge in [0.1, 0.15) is 11.4 Å². The number of rotatable bonds is 8. The van der Waals surface area contributed by atoms with Crippen LogP contribution in [0, 0.1) is 0 Å². The van der Waals surface area contributed by atoms with E-state index in [2.05, 4.69) is 15.4 Å². The molecule has 3 aromatic rings. The van der Waals surface area contributed by atoms with Crippen LogP contribution < -0.4 is 15.6 Å². The molecule has 11 heteroatoms. The van der Waals surface area contributed by atoms with Gasteiger partial charge in [0.2, 0.25) is 5.95 Å². The minimum absolute atomic E-state index is 0.0447. The van der Waals surface area contributed by atoms with Crippen molar-refractivity contribution in [3.63, 3.8) is 0 Å². The van der Waals surface area contributed by atoms with Gasteiger partial charge in [0.05, 0.1) is 6.54 Å². The molecule has 0 bridgehead atoms. The largest absolute Gasteiger partial charge is 0.481 e. The van der Waals surface area contributed by atoms with Crippen LogP contribution in [-0.4, -0.2) is 38.8 Å². The molecule has 0 aliphatic heterocycles. The smallest absolute Gasteiger partial charge is 0.425 e. The minimum Gasteiger partial charge on any atom is -0.481 e. The molecule has 2 aromatic carbocycles. The third-order valence-corrected chi connectivity index (χ3v) is 4.67. The summed E-state index contributed by atoms with van der Waals surface area (Å²) in [5.41, 5.74) is 0.825. The third-order valence-electron chi connectivity index (χ3n) is 4.42. The molecule has 1 aromatic heterocycles. The van der Waals surface area contributed by atoms with Crippen LogP contribution in [0.5, 0.6) is 5.75 Å². The van der Waals surface area contributed by atoms with Gasteiger partial charge in [-0.05, 0) is 48.9 Å². The summed E-state index contributed by atoms with van der Waals surface area (Å²) in [6.45, 7) is 0.927. The van der Waals surface area contributed by atoms with Gasteiger partial charge in [0.15, 0.2) is 6.10 Å². The van der Waals surface area contributed by atoms with Crippen LogP contribution in [-0.2, 0) is 13.0 Å². The average molecular weight is 469 g/mol. The van der Waals surface area contributed by atoms with E-state index < -0.39 is 17.8 Å². The van der Waals surface area contributed by atoms with Crippen molar-refractivity contribution in [2.75, 3.05) is 11.9 Å². The summed E-state index contributed by atoms with van der Waals surface area (Å²) in [5.74, 6) is 0.173. The van der Waals surface area contributed by atoms with E-state index in [-0.39, 0.29) is 37.0 Å². The Morgan fingerprint density at radius 1 is 1.16 bits per heavy atom. The fourth-order valence-corrected chi connectivity index (χ4v) is 2.83. The molecule has 0 spiro atoms. The molecule has 0 saturated carbocycles. The second-order valence-electron chi connectivity index (χ2n) is 6.90. The van der Waals surface area contributed by atoms with Gasteiger partial charge in [-0.3, -0.25) is 4.79 Å². The maximum Gasteiger partial charge on any atom is 0.425 e. The van der Waals surface area contributed by atoms with Gasteiger partial charge < -0.3 is 15.2 Å². The predicted octanol–water partition coefficient (Wildman–Crippen LogP) is 3.95. The predicted molar refractivity (Wildman–Crippen MR) is 114 cm³/mol. The third kappa shape index (κ3) is 6.21. The molecule has 0 fully saturated rings. The Kier molecular flexibility index (Phi) is 7.37. The zero-order valence-corrected chi connectivity index (χ0v) is 17.7. The minimum atomic E-state index is -4.47. The van der Waals surface area contributed by atoms with Crippen molar-refractivity contribution in [2.24, 2.45) is 0 Å². The first-order valence-electron chi connectivity index (χ1n) is 9.59. The Balaban J connectivity index is 1.85. The first-order valence-corrected chi connectivity index (χ1v) is 9.97. The number of aliphatic hydroxyl groups is 1. The fraction of sp³-hybridized carbons (Fsp3) is 0.286. The number of nitrogens with one attached hydrogen (secondary N) is 1. The van der Waals surface area contributed by atoms with E-state index in [1.165, 1.54) is 28.9 Å². The van der Waals surface area contributed by atoms with Gasteiger partial charge in [-0.15, -0.1) is 0 Å². The first-order chi connectivity index (χ1) is 15.2. The Morgan fingerprint density at radius 2 is 1.81 bits per heavy atom. The number of ether oxygens (including phenoxy) is 1. The highest BCUT2D eigenvalue weighted by molar-refractivity contribution is 6.30. The van der Waals surface area contributed by atoms with Crippen LogP contribution in [0.15, 0.2) is 53.3 Å². The Morgan fingerprint density at radius 3 is 2.41 bits per heavy atom. The summed E-state index contributed by atoms with van der Waals surface area (Å²) in [5, 5.41) is 17.0. The topological polar surface area (TPSA) is 89.3 Å². The number of anilines is 2. The van der Waals surface area contributed by atoms with Crippen molar-refractivity contribution < 1.29 is 23.0 Å². The van der Waals surface area contributed by atoms with Gasteiger partial charge in [0, 0.05) is 23.7 Å². The second kappa shape index (κ2) is 10.0. The molecule has 170 valence electrons. The number of nitrogens with zero attached hydrogens (tertiary/aromatic N) is 3. The van der Waals surface area contributed by atoms with Crippen LogP contribution in [0.1, 0.15) is 18.2 Å². The monoisotopic (exact) mass is 468 g/mol. The lowest BCUT2D eigenvalue weighted by Gasteiger charge is -2.18. The lowest BCUT2D eigenvalue weighted by molar-refractivity contribution is -0.189. The molecular weight excluding hydrogens is 449 g/mol. The van der Waals surface area contributed by atoms with E-state index in [0.29, 0.717) is 10.7 Å². The van der Waals surface area contributed by atoms with E-state index >= 15 is 0 Å². The quantitative estimate of drug-likeness (QED) is 0.520. The number of halogens is 4. The molecule has 0 aliphatic rings. The number of hydrogen-bond donors (Lipinski definition) is 2. The summed E-state index contributed by atoms with van der Waals surface area (Å²) >= 11 is 5.92. The normalized spacial score (nSPS) is 12.4. The summed E-state index contributed by atoms with van der Waals surface area (Å²) in [4.78, 5) is 16.3. The number of alkyl halides is 3. The van der Waals surface area contributed by atoms with Crippen LogP contribution in [0.4, 0.5) is 24.8 Å². The molecule has 7 nitrogen and oxygen atoms in total. The average Bonchev–Trinajstić information content (AvgIpc) is 2.73. The molecule has 1 heterocycles. The van der Waals surface area contributed by atoms with Crippen LogP contribution >= 0.6 is 11.6 Å². The lowest BCUT2D eigenvalue weighted by atomic mass is 10.2. The van der Waals surface area contributed by atoms with Crippen molar-refractivity contribution >= 4 is 23.2 Å². The van der Waals surface area contributed by atoms with Gasteiger partial charge >= 0.3 is 6.18 Å². The van der Waals surface area contributed by atoms with Crippen molar-refractivity contribution in [1.29, 1.82) is 0 Å². The van der Waals surface area contributed by atoms with Gasteiger partial charge in [-0.1, -0.05) is 23.7 Å². The molecule has 2 N–H and O–H groups in total. The van der Waals surface area contributed by atoms with Crippen molar-refractivity contribution in [1.82, 2.24) is 14.8 Å². The van der Waals surface area contributed by atoms with Gasteiger partial charge in [-0.25, -0.2) is 4.68 Å². The molecular formula is C21H20ClF3N4O3. The van der Waals surface area contributed by atoms with Crippen LogP contribution in [0.3, 0.4) is 0 Å². The van der Waals surface area contributed by atoms with Crippen molar-refractivity contribution in [3.05, 3.63) is 75.2 Å². The lowest BCUT2D eigenvalue weighted by Crippen LogP contribution is -2.31. The molecule has 32 heavy (non-hydrogen) atoms. The number of aliphatic hydroxyl groups excluding tert-OH is 1. The zero-order valence-electron chi connectivity index (χ0n) is 16.9. The highest BCUT2D eigenvalue weighted by Gasteiger charge is 2.38. The molecule has 3 rings (SSSR count). The van der Waals surface area contributed by atoms with E-state index in [1.54, 1.807) is 24.3 Å².